The quantitative estimate of drug-likeness (QED) is 0.898. The number of amides is 1. The topological polar surface area (TPSA) is 66.5 Å². The standard InChI is InChI=1S/C16H24N2O3S/c1-3-16(19)18-10-8-15(9-11-18)17-22(20,21)12-14-6-4-13(2)5-7-14/h4-7,15,17H,3,8-12H2,1-2H3. The number of likely N-dealkylation sites (tertiary alicyclic amines) is 1. The van der Waals surface area contributed by atoms with E-state index in [1.54, 1.807) is 0 Å². The van der Waals surface area contributed by atoms with E-state index in [1.807, 2.05) is 43.0 Å². The van der Waals surface area contributed by atoms with Crippen LogP contribution < -0.4 is 4.72 Å². The van der Waals surface area contributed by atoms with Crippen LogP contribution in [0.4, 0.5) is 0 Å². The van der Waals surface area contributed by atoms with Crippen LogP contribution in [0.2, 0.25) is 0 Å². The van der Waals surface area contributed by atoms with Crippen molar-refractivity contribution in [1.82, 2.24) is 9.62 Å². The molecular formula is C16H24N2O3S. The van der Waals surface area contributed by atoms with E-state index in [1.165, 1.54) is 0 Å². The minimum atomic E-state index is -3.34. The molecule has 0 atom stereocenters. The largest absolute Gasteiger partial charge is 0.343 e. The fourth-order valence-corrected chi connectivity index (χ4v) is 4.13. The third kappa shape index (κ3) is 4.81. The van der Waals surface area contributed by atoms with E-state index in [-0.39, 0.29) is 17.7 Å². The van der Waals surface area contributed by atoms with Crippen molar-refractivity contribution in [3.05, 3.63) is 35.4 Å². The Kier molecular flexibility index (Phi) is 5.58. The number of hydrogen-bond donors (Lipinski definition) is 1. The molecule has 1 N–H and O–H groups in total. The molecule has 1 aliphatic rings. The van der Waals surface area contributed by atoms with Gasteiger partial charge in [-0.05, 0) is 25.3 Å². The van der Waals surface area contributed by atoms with Crippen LogP contribution in [0.3, 0.4) is 0 Å². The number of benzene rings is 1. The fraction of sp³-hybridized carbons (Fsp3) is 0.562. The monoisotopic (exact) mass is 324 g/mol. The molecule has 1 heterocycles. The van der Waals surface area contributed by atoms with E-state index in [0.717, 1.165) is 11.1 Å². The van der Waals surface area contributed by atoms with Gasteiger partial charge in [0.2, 0.25) is 15.9 Å². The Morgan fingerprint density at radius 1 is 1.23 bits per heavy atom. The number of nitrogens with zero attached hydrogens (tertiary/aromatic N) is 1. The smallest absolute Gasteiger partial charge is 0.222 e. The molecule has 0 saturated carbocycles. The van der Waals surface area contributed by atoms with Gasteiger partial charge in [-0.15, -0.1) is 0 Å². The van der Waals surface area contributed by atoms with Gasteiger partial charge >= 0.3 is 0 Å². The average molecular weight is 324 g/mol. The van der Waals surface area contributed by atoms with Crippen LogP contribution in [0.5, 0.6) is 0 Å². The Bertz CT molecular complexity index is 603. The highest BCUT2D eigenvalue weighted by Gasteiger charge is 2.25. The van der Waals surface area contributed by atoms with Crippen molar-refractivity contribution in [2.45, 2.75) is 44.9 Å². The molecule has 1 fully saturated rings. The summed E-state index contributed by atoms with van der Waals surface area (Å²) in [5.41, 5.74) is 1.90. The Morgan fingerprint density at radius 2 is 1.82 bits per heavy atom. The van der Waals surface area contributed by atoms with Gasteiger partial charge in [0.05, 0.1) is 5.75 Å². The first kappa shape index (κ1) is 17.0. The molecule has 1 aromatic carbocycles. The second-order valence-corrected chi connectivity index (χ2v) is 7.63. The van der Waals surface area contributed by atoms with Crippen molar-refractivity contribution >= 4 is 15.9 Å². The first-order chi connectivity index (χ1) is 10.4. The third-order valence-electron chi connectivity index (χ3n) is 3.97. The summed E-state index contributed by atoms with van der Waals surface area (Å²) in [6.07, 6.45) is 1.86. The summed E-state index contributed by atoms with van der Waals surface area (Å²) in [6.45, 7) is 5.08. The second-order valence-electron chi connectivity index (χ2n) is 5.87. The van der Waals surface area contributed by atoms with Crippen molar-refractivity contribution in [2.75, 3.05) is 13.1 Å². The minimum absolute atomic E-state index is 0.00137. The molecule has 0 unspecified atom stereocenters. The molecule has 0 aromatic heterocycles. The summed E-state index contributed by atoms with van der Waals surface area (Å²) < 4.78 is 27.2. The van der Waals surface area contributed by atoms with Gasteiger partial charge in [0.1, 0.15) is 0 Å². The Labute approximate surface area is 132 Å². The van der Waals surface area contributed by atoms with E-state index in [0.29, 0.717) is 32.4 Å². The van der Waals surface area contributed by atoms with Crippen LogP contribution >= 0.6 is 0 Å². The number of rotatable bonds is 5. The number of sulfonamides is 1. The van der Waals surface area contributed by atoms with Gasteiger partial charge in [0.25, 0.3) is 0 Å². The predicted molar refractivity (Wildman–Crippen MR) is 86.8 cm³/mol. The first-order valence-electron chi connectivity index (χ1n) is 7.73. The molecule has 1 aliphatic heterocycles. The maximum atomic E-state index is 12.2. The Balaban J connectivity index is 1.88. The summed E-state index contributed by atoms with van der Waals surface area (Å²) in [7, 11) is -3.34. The summed E-state index contributed by atoms with van der Waals surface area (Å²) in [4.78, 5) is 13.4. The van der Waals surface area contributed by atoms with Crippen LogP contribution in [0.1, 0.15) is 37.3 Å². The molecule has 0 aliphatic carbocycles. The minimum Gasteiger partial charge on any atom is -0.343 e. The molecule has 5 nitrogen and oxygen atoms in total. The zero-order valence-electron chi connectivity index (χ0n) is 13.2. The summed E-state index contributed by atoms with van der Waals surface area (Å²) in [5.74, 6) is 0.141. The van der Waals surface area contributed by atoms with E-state index in [2.05, 4.69) is 4.72 Å². The predicted octanol–water partition coefficient (Wildman–Crippen LogP) is 1.82. The van der Waals surface area contributed by atoms with E-state index in [9.17, 15) is 13.2 Å². The number of hydrogen-bond acceptors (Lipinski definition) is 3. The molecular weight excluding hydrogens is 300 g/mol. The summed E-state index contributed by atoms with van der Waals surface area (Å²) in [6, 6.07) is 7.45. The van der Waals surface area contributed by atoms with E-state index < -0.39 is 10.0 Å². The lowest BCUT2D eigenvalue weighted by atomic mass is 10.1. The fourth-order valence-electron chi connectivity index (χ4n) is 2.67. The SMILES string of the molecule is CCC(=O)N1CCC(NS(=O)(=O)Cc2ccc(C)cc2)CC1. The Hall–Kier alpha value is -1.40. The molecule has 0 radical (unpaired) electrons. The maximum absolute atomic E-state index is 12.2. The summed E-state index contributed by atoms with van der Waals surface area (Å²) in [5, 5.41) is 0. The van der Waals surface area contributed by atoms with Crippen LogP contribution in [-0.2, 0) is 20.6 Å². The van der Waals surface area contributed by atoms with Gasteiger partial charge in [-0.2, -0.15) is 0 Å². The van der Waals surface area contributed by atoms with Gasteiger partial charge in [0, 0.05) is 25.6 Å². The van der Waals surface area contributed by atoms with Gasteiger partial charge in [-0.1, -0.05) is 36.8 Å². The van der Waals surface area contributed by atoms with E-state index >= 15 is 0 Å². The highest BCUT2D eigenvalue weighted by molar-refractivity contribution is 7.88. The highest BCUT2D eigenvalue weighted by atomic mass is 32.2. The van der Waals surface area contributed by atoms with Crippen LogP contribution in [-0.4, -0.2) is 38.4 Å². The molecule has 0 spiro atoms. The van der Waals surface area contributed by atoms with Crippen molar-refractivity contribution < 1.29 is 13.2 Å². The van der Waals surface area contributed by atoms with Gasteiger partial charge < -0.3 is 4.90 Å². The van der Waals surface area contributed by atoms with Crippen LogP contribution in [0.25, 0.3) is 0 Å². The lowest BCUT2D eigenvalue weighted by Crippen LogP contribution is -2.46. The molecule has 2 rings (SSSR count). The molecule has 22 heavy (non-hydrogen) atoms. The number of nitrogens with one attached hydrogen (secondary N) is 1. The molecule has 6 heteroatoms. The number of carbonyl (C=O) groups is 1. The average Bonchev–Trinajstić information content (AvgIpc) is 2.49. The third-order valence-corrected chi connectivity index (χ3v) is 5.38. The lowest BCUT2D eigenvalue weighted by Gasteiger charge is -2.32. The van der Waals surface area contributed by atoms with Gasteiger partial charge in [-0.3, -0.25) is 4.79 Å². The zero-order valence-corrected chi connectivity index (χ0v) is 14.0. The first-order valence-corrected chi connectivity index (χ1v) is 9.38. The van der Waals surface area contributed by atoms with Gasteiger partial charge in [0.15, 0.2) is 0 Å². The summed E-state index contributed by atoms with van der Waals surface area (Å²) >= 11 is 0. The second kappa shape index (κ2) is 7.24. The van der Waals surface area contributed by atoms with Gasteiger partial charge in [-0.25, -0.2) is 13.1 Å². The van der Waals surface area contributed by atoms with Crippen molar-refractivity contribution in [3.8, 4) is 0 Å². The van der Waals surface area contributed by atoms with Crippen LogP contribution in [0, 0.1) is 6.92 Å². The Morgan fingerprint density at radius 3 is 2.36 bits per heavy atom. The molecule has 122 valence electrons. The number of carbonyl (C=O) groups excluding carboxylic acids is 1. The maximum Gasteiger partial charge on any atom is 0.222 e. The molecule has 1 saturated heterocycles. The normalized spacial score (nSPS) is 16.7. The van der Waals surface area contributed by atoms with Crippen molar-refractivity contribution in [1.29, 1.82) is 0 Å². The number of aryl methyl sites for hydroxylation is 1. The molecule has 1 amide bonds. The molecule has 1 aromatic rings. The lowest BCUT2D eigenvalue weighted by molar-refractivity contribution is -0.131. The number of piperidine rings is 1. The van der Waals surface area contributed by atoms with Crippen LogP contribution in [0.15, 0.2) is 24.3 Å². The van der Waals surface area contributed by atoms with E-state index in [4.69, 9.17) is 0 Å². The van der Waals surface area contributed by atoms with Crippen molar-refractivity contribution in [2.24, 2.45) is 0 Å². The zero-order chi connectivity index (χ0) is 16.2. The molecule has 0 bridgehead atoms. The highest BCUT2D eigenvalue weighted by Crippen LogP contribution is 2.14. The van der Waals surface area contributed by atoms with Crippen molar-refractivity contribution in [3.63, 3.8) is 0 Å².